The van der Waals surface area contributed by atoms with Crippen molar-refractivity contribution >= 4 is 50.5 Å². The molecule has 21 heavy (non-hydrogen) atoms. The second-order valence-corrected chi connectivity index (χ2v) is 7.24. The molecular formula is C15H14BrClN2OS. The van der Waals surface area contributed by atoms with Gasteiger partial charge in [-0.1, -0.05) is 27.5 Å². The summed E-state index contributed by atoms with van der Waals surface area (Å²) >= 11 is 11.3. The van der Waals surface area contributed by atoms with Crippen molar-refractivity contribution in [2.24, 2.45) is 0 Å². The number of rotatable bonds is 3. The Balaban J connectivity index is 1.61. The van der Waals surface area contributed by atoms with E-state index in [9.17, 15) is 4.79 Å². The number of nitrogens with zero attached hydrogens (tertiary/aromatic N) is 1. The second kappa shape index (κ2) is 6.38. The molecule has 0 fully saturated rings. The predicted molar refractivity (Wildman–Crippen MR) is 91.1 cm³/mol. The molecule has 0 saturated carbocycles. The summed E-state index contributed by atoms with van der Waals surface area (Å²) in [5.41, 5.74) is 2.05. The largest absolute Gasteiger partial charge is 0.375 e. The van der Waals surface area contributed by atoms with Crippen LogP contribution in [0.4, 0.5) is 5.69 Å². The summed E-state index contributed by atoms with van der Waals surface area (Å²) in [6.07, 6.45) is 0.955. The lowest BCUT2D eigenvalue weighted by atomic mass is 10.1. The number of thiophene rings is 1. The number of carbonyl (C=O) groups is 1. The van der Waals surface area contributed by atoms with Gasteiger partial charge in [0.25, 0.3) is 0 Å². The van der Waals surface area contributed by atoms with E-state index in [-0.39, 0.29) is 12.5 Å². The van der Waals surface area contributed by atoms with Gasteiger partial charge >= 0.3 is 0 Å². The molecule has 0 radical (unpaired) electrons. The molecule has 0 spiro atoms. The third-order valence-corrected chi connectivity index (χ3v) is 5.36. The number of halogens is 2. The van der Waals surface area contributed by atoms with E-state index in [0.29, 0.717) is 11.6 Å². The Labute approximate surface area is 141 Å². The predicted octanol–water partition coefficient (Wildman–Crippen LogP) is 4.16. The summed E-state index contributed by atoms with van der Waals surface area (Å²) in [5.74, 6) is 0.0999. The van der Waals surface area contributed by atoms with E-state index in [0.717, 1.165) is 23.1 Å². The molecule has 0 atom stereocenters. The minimum absolute atomic E-state index is 0.0999. The lowest BCUT2D eigenvalue weighted by Gasteiger charge is -2.27. The summed E-state index contributed by atoms with van der Waals surface area (Å²) in [6.45, 7) is 1.77. The van der Waals surface area contributed by atoms with E-state index < -0.39 is 0 Å². The smallest absolute Gasteiger partial charge is 0.242 e. The van der Waals surface area contributed by atoms with E-state index in [1.165, 1.54) is 10.4 Å². The summed E-state index contributed by atoms with van der Waals surface area (Å²) in [5, 5.41) is 5.83. The van der Waals surface area contributed by atoms with Crippen LogP contribution in [0.1, 0.15) is 10.4 Å². The number of benzene rings is 1. The van der Waals surface area contributed by atoms with Gasteiger partial charge in [-0.3, -0.25) is 4.79 Å². The molecule has 0 saturated heterocycles. The fourth-order valence-electron chi connectivity index (χ4n) is 2.38. The van der Waals surface area contributed by atoms with E-state index in [4.69, 9.17) is 11.6 Å². The van der Waals surface area contributed by atoms with Crippen LogP contribution in [-0.4, -0.2) is 23.9 Å². The maximum Gasteiger partial charge on any atom is 0.242 e. The average Bonchev–Trinajstić information content (AvgIpc) is 2.95. The monoisotopic (exact) mass is 384 g/mol. The van der Waals surface area contributed by atoms with Gasteiger partial charge < -0.3 is 10.2 Å². The van der Waals surface area contributed by atoms with Crippen molar-refractivity contribution in [3.8, 4) is 0 Å². The van der Waals surface area contributed by atoms with Gasteiger partial charge in [0, 0.05) is 22.4 Å². The molecule has 1 N–H and O–H groups in total. The normalized spacial score (nSPS) is 13.9. The number of carbonyl (C=O) groups excluding carboxylic acids is 1. The minimum Gasteiger partial charge on any atom is -0.375 e. The van der Waals surface area contributed by atoms with Gasteiger partial charge in [-0.05, 0) is 41.6 Å². The number of amides is 1. The number of anilines is 1. The van der Waals surface area contributed by atoms with Crippen LogP contribution in [0.15, 0.2) is 34.1 Å². The SMILES string of the molecule is O=C(CNc1cc(Br)ccc1Cl)N1CCc2sccc2C1. The van der Waals surface area contributed by atoms with Gasteiger partial charge in [-0.15, -0.1) is 11.3 Å². The maximum absolute atomic E-state index is 12.3. The Morgan fingerprint density at radius 3 is 3.14 bits per heavy atom. The van der Waals surface area contributed by atoms with Crippen LogP contribution in [0, 0.1) is 0 Å². The Morgan fingerprint density at radius 1 is 1.43 bits per heavy atom. The molecule has 6 heteroatoms. The topological polar surface area (TPSA) is 32.3 Å². The number of hydrogen-bond donors (Lipinski definition) is 1. The number of hydrogen-bond acceptors (Lipinski definition) is 3. The van der Waals surface area contributed by atoms with Crippen LogP contribution >= 0.6 is 38.9 Å². The summed E-state index contributed by atoms with van der Waals surface area (Å²) in [7, 11) is 0. The highest BCUT2D eigenvalue weighted by Gasteiger charge is 2.21. The molecule has 2 aromatic rings. The van der Waals surface area contributed by atoms with Crippen molar-refractivity contribution in [1.29, 1.82) is 0 Å². The molecule has 3 nitrogen and oxygen atoms in total. The van der Waals surface area contributed by atoms with Gasteiger partial charge in [0.15, 0.2) is 0 Å². The van der Waals surface area contributed by atoms with Crippen molar-refractivity contribution in [2.75, 3.05) is 18.4 Å². The Kier molecular flexibility index (Phi) is 4.52. The summed E-state index contributed by atoms with van der Waals surface area (Å²) < 4.78 is 0.933. The fourth-order valence-corrected chi connectivity index (χ4v) is 3.81. The summed E-state index contributed by atoms with van der Waals surface area (Å²) in [6, 6.07) is 7.66. The Hall–Kier alpha value is -1.04. The van der Waals surface area contributed by atoms with Crippen LogP contribution < -0.4 is 5.32 Å². The Morgan fingerprint density at radius 2 is 2.29 bits per heavy atom. The first kappa shape index (κ1) is 14.9. The first-order valence-electron chi connectivity index (χ1n) is 6.65. The molecule has 0 aliphatic carbocycles. The van der Waals surface area contributed by atoms with Crippen LogP contribution in [0.2, 0.25) is 5.02 Å². The van der Waals surface area contributed by atoms with E-state index in [1.54, 1.807) is 17.4 Å². The van der Waals surface area contributed by atoms with Gasteiger partial charge in [0.1, 0.15) is 0 Å². The fraction of sp³-hybridized carbons (Fsp3) is 0.267. The maximum atomic E-state index is 12.3. The number of fused-ring (bicyclic) bond motifs is 1. The van der Waals surface area contributed by atoms with Crippen molar-refractivity contribution in [3.05, 3.63) is 49.6 Å². The molecule has 1 aromatic heterocycles. The Bertz CT molecular complexity index is 673. The van der Waals surface area contributed by atoms with Crippen LogP contribution in [0.3, 0.4) is 0 Å². The zero-order valence-corrected chi connectivity index (χ0v) is 14.4. The molecule has 3 rings (SSSR count). The molecular weight excluding hydrogens is 372 g/mol. The first-order chi connectivity index (χ1) is 10.1. The molecule has 1 amide bonds. The van der Waals surface area contributed by atoms with E-state index in [2.05, 4.69) is 32.7 Å². The average molecular weight is 386 g/mol. The van der Waals surface area contributed by atoms with Crippen molar-refractivity contribution < 1.29 is 4.79 Å². The van der Waals surface area contributed by atoms with Crippen molar-refractivity contribution in [1.82, 2.24) is 4.90 Å². The van der Waals surface area contributed by atoms with Crippen molar-refractivity contribution in [3.63, 3.8) is 0 Å². The van der Waals surface area contributed by atoms with Crippen LogP contribution in [0.25, 0.3) is 0 Å². The van der Waals surface area contributed by atoms with Crippen molar-refractivity contribution in [2.45, 2.75) is 13.0 Å². The zero-order valence-electron chi connectivity index (χ0n) is 11.2. The van der Waals surface area contributed by atoms with Gasteiger partial charge in [0.2, 0.25) is 5.91 Å². The molecule has 1 aromatic carbocycles. The molecule has 1 aliphatic rings. The van der Waals surface area contributed by atoms with Gasteiger partial charge in [0.05, 0.1) is 17.3 Å². The van der Waals surface area contributed by atoms with Gasteiger partial charge in [-0.25, -0.2) is 0 Å². The lowest BCUT2D eigenvalue weighted by molar-refractivity contribution is -0.130. The lowest BCUT2D eigenvalue weighted by Crippen LogP contribution is -2.38. The quantitative estimate of drug-likeness (QED) is 0.860. The van der Waals surface area contributed by atoms with Crippen LogP contribution in [-0.2, 0) is 17.8 Å². The first-order valence-corrected chi connectivity index (χ1v) is 8.70. The van der Waals surface area contributed by atoms with Crippen LogP contribution in [0.5, 0.6) is 0 Å². The minimum atomic E-state index is 0.0999. The van der Waals surface area contributed by atoms with E-state index >= 15 is 0 Å². The molecule has 2 heterocycles. The molecule has 1 aliphatic heterocycles. The highest BCUT2D eigenvalue weighted by molar-refractivity contribution is 9.10. The molecule has 0 bridgehead atoms. The number of nitrogens with one attached hydrogen (secondary N) is 1. The standard InChI is InChI=1S/C15H14BrClN2OS/c16-11-1-2-12(17)13(7-11)18-8-15(20)19-5-3-14-10(9-19)4-6-21-14/h1-2,4,6-7,18H,3,5,8-9H2. The highest BCUT2D eigenvalue weighted by Crippen LogP contribution is 2.26. The zero-order chi connectivity index (χ0) is 14.8. The highest BCUT2D eigenvalue weighted by atomic mass is 79.9. The van der Waals surface area contributed by atoms with E-state index in [1.807, 2.05) is 17.0 Å². The second-order valence-electron chi connectivity index (χ2n) is 4.91. The third kappa shape index (κ3) is 3.42. The molecule has 110 valence electrons. The third-order valence-electron chi connectivity index (χ3n) is 3.52. The van der Waals surface area contributed by atoms with Gasteiger partial charge in [-0.2, -0.15) is 0 Å². The summed E-state index contributed by atoms with van der Waals surface area (Å²) in [4.78, 5) is 15.6. The molecule has 0 unspecified atom stereocenters.